The number of aromatic nitrogens is 1. The minimum Gasteiger partial charge on any atom is -0.370 e. The van der Waals surface area contributed by atoms with Crippen molar-refractivity contribution in [1.82, 2.24) is 4.98 Å². The third kappa shape index (κ3) is 6.25. The zero-order valence-electron chi connectivity index (χ0n) is 19.1. The fraction of sp³-hybridized carbons (Fsp3) is 0.391. The van der Waals surface area contributed by atoms with Gasteiger partial charge >= 0.3 is 0 Å². The molecule has 0 atom stereocenters. The average Bonchev–Trinajstić information content (AvgIpc) is 2.84. The molecule has 0 unspecified atom stereocenters. The van der Waals surface area contributed by atoms with E-state index in [2.05, 4.69) is 15.0 Å². The highest BCUT2D eigenvalue weighted by Crippen LogP contribution is 2.32. The molecule has 8 nitrogen and oxygen atoms in total. The van der Waals surface area contributed by atoms with Crippen molar-refractivity contribution >= 4 is 39.8 Å². The minimum absolute atomic E-state index is 0.0608. The molecule has 0 radical (unpaired) electrons. The van der Waals surface area contributed by atoms with Crippen molar-refractivity contribution in [2.75, 3.05) is 46.0 Å². The molecule has 1 aromatic heterocycles. The summed E-state index contributed by atoms with van der Waals surface area (Å²) in [5, 5.41) is 2.70. The van der Waals surface area contributed by atoms with E-state index in [0.29, 0.717) is 11.5 Å². The number of piperidine rings is 2. The van der Waals surface area contributed by atoms with Crippen molar-refractivity contribution in [1.29, 1.82) is 0 Å². The predicted molar refractivity (Wildman–Crippen MR) is 130 cm³/mol. The van der Waals surface area contributed by atoms with Gasteiger partial charge in [0.2, 0.25) is 10.9 Å². The van der Waals surface area contributed by atoms with Crippen molar-refractivity contribution < 1.29 is 30.8 Å². The quantitative estimate of drug-likeness (QED) is 0.384. The number of anilines is 4. The second kappa shape index (κ2) is 10.7. The fourth-order valence-corrected chi connectivity index (χ4v) is 4.63. The zero-order chi connectivity index (χ0) is 25.9. The third-order valence-electron chi connectivity index (χ3n) is 6.23. The molecule has 0 spiro atoms. The minimum atomic E-state index is -2.94. The largest absolute Gasteiger partial charge is 0.370 e. The average molecular weight is 528 g/mol. The molecule has 13 heteroatoms. The highest BCUT2D eigenvalue weighted by molar-refractivity contribution is 7.73. The highest BCUT2D eigenvalue weighted by Gasteiger charge is 2.34. The Bertz CT molecular complexity index is 1220. The number of thiol groups is 1. The van der Waals surface area contributed by atoms with E-state index >= 15 is 0 Å². The third-order valence-corrected chi connectivity index (χ3v) is 6.67. The topological polar surface area (TPSA) is 94.6 Å². The van der Waals surface area contributed by atoms with Gasteiger partial charge in [-0.3, -0.25) is 9.52 Å². The lowest BCUT2D eigenvalue weighted by Crippen LogP contribution is -2.39. The van der Waals surface area contributed by atoms with Gasteiger partial charge in [-0.15, -0.1) is 0 Å². The lowest BCUT2D eigenvalue weighted by atomic mass is 10.0. The van der Waals surface area contributed by atoms with Crippen LogP contribution in [0.15, 0.2) is 48.1 Å². The molecule has 0 bridgehead atoms. The molecule has 36 heavy (non-hydrogen) atoms. The maximum atomic E-state index is 13.5. The fourth-order valence-electron chi connectivity index (χ4n) is 4.28. The van der Waals surface area contributed by atoms with Crippen LogP contribution in [0.1, 0.15) is 36.0 Å². The Morgan fingerprint density at radius 3 is 2.31 bits per heavy atom. The van der Waals surface area contributed by atoms with Crippen LogP contribution in [-0.2, 0) is 10.9 Å². The normalized spacial score (nSPS) is 17.8. The van der Waals surface area contributed by atoms with Crippen LogP contribution in [0, 0.1) is 0 Å². The van der Waals surface area contributed by atoms with E-state index in [4.69, 9.17) is 0 Å². The second-order valence-electron chi connectivity index (χ2n) is 8.63. The van der Waals surface area contributed by atoms with E-state index in [1.807, 2.05) is 0 Å². The zero-order valence-corrected chi connectivity index (χ0v) is 20.0. The van der Waals surface area contributed by atoms with Crippen molar-refractivity contribution in [3.63, 3.8) is 0 Å². The lowest BCUT2D eigenvalue weighted by Gasteiger charge is -2.32. The van der Waals surface area contributed by atoms with Crippen LogP contribution in [0.5, 0.6) is 0 Å². The molecule has 4 rings (SSSR count). The maximum absolute atomic E-state index is 13.5. The summed E-state index contributed by atoms with van der Waals surface area (Å²) < 4.78 is 77.5. The van der Waals surface area contributed by atoms with Gasteiger partial charge in [-0.25, -0.2) is 22.2 Å². The summed E-state index contributed by atoms with van der Waals surface area (Å²) >= 11 is 0. The molecule has 1 aromatic carbocycles. The molecule has 2 saturated heterocycles. The van der Waals surface area contributed by atoms with E-state index in [9.17, 15) is 30.8 Å². The van der Waals surface area contributed by atoms with E-state index in [1.165, 1.54) is 18.2 Å². The number of carbonyl (C=O) groups is 1. The molecule has 2 aromatic rings. The summed E-state index contributed by atoms with van der Waals surface area (Å²) in [5.41, 5.74) is 0.894. The van der Waals surface area contributed by atoms with Crippen LogP contribution < -0.4 is 19.8 Å². The van der Waals surface area contributed by atoms with Crippen molar-refractivity contribution in [3.05, 3.63) is 53.6 Å². The van der Waals surface area contributed by atoms with E-state index < -0.39 is 28.8 Å². The van der Waals surface area contributed by atoms with E-state index in [0.717, 1.165) is 0 Å². The molecule has 2 N–H and O–H groups in total. The first-order valence-electron chi connectivity index (χ1n) is 11.4. The van der Waals surface area contributed by atoms with Crippen molar-refractivity contribution in [2.24, 2.45) is 0 Å². The molecule has 2 aliphatic heterocycles. The van der Waals surface area contributed by atoms with E-state index in [1.54, 1.807) is 28.0 Å². The summed E-state index contributed by atoms with van der Waals surface area (Å²) in [5.74, 6) is -2.55. The number of nitrogens with one attached hydrogen (secondary N) is 2. The van der Waals surface area contributed by atoms with Gasteiger partial charge in [-0.2, -0.15) is 8.78 Å². The number of benzene rings is 1. The standard InChI is InChI=1S/C23H25F4N5O3S/c24-21(25)15-6-10-31(11-7-15)18-14-16(30-36(34)35)4-5-17(18)22(33)29-19-2-1-3-20(28-19)32-12-8-23(26,27)9-13-32/h1-5,14,36H,6-13H2,(H,28,29,33)(H,30,34,35). The molecular weight excluding hydrogens is 502 g/mol. The molecule has 1 amide bonds. The van der Waals surface area contributed by atoms with Gasteiger partial charge in [0.1, 0.15) is 11.6 Å². The first-order valence-corrected chi connectivity index (χ1v) is 12.5. The van der Waals surface area contributed by atoms with Gasteiger partial charge in [0, 0.05) is 39.0 Å². The van der Waals surface area contributed by atoms with Crippen molar-refractivity contribution in [3.8, 4) is 0 Å². The van der Waals surface area contributed by atoms with Gasteiger partial charge in [-0.05, 0) is 48.7 Å². The summed E-state index contributed by atoms with van der Waals surface area (Å²) in [6.45, 7) is 0.742. The first kappa shape index (κ1) is 25.7. The maximum Gasteiger partial charge on any atom is 0.269 e. The number of hydrogen-bond acceptors (Lipinski definition) is 6. The SMILES string of the molecule is O=C(Nc1cccc(N2CCC(F)(F)CC2)n1)c1ccc(N[SH](=O)=O)cc1N1CCC(=C(F)F)CC1. The number of alkyl halides is 2. The van der Waals surface area contributed by atoms with Crippen LogP contribution in [0.25, 0.3) is 0 Å². The highest BCUT2D eigenvalue weighted by atomic mass is 32.2. The molecule has 3 heterocycles. The number of nitrogens with zero attached hydrogens (tertiary/aromatic N) is 3. The number of carbonyl (C=O) groups excluding carboxylic acids is 1. The second-order valence-corrected chi connectivity index (χ2v) is 9.37. The molecule has 2 fully saturated rings. The molecule has 194 valence electrons. The molecule has 0 saturated carbocycles. The monoisotopic (exact) mass is 527 g/mol. The number of pyridine rings is 1. The van der Waals surface area contributed by atoms with Crippen LogP contribution >= 0.6 is 0 Å². The number of hydrogen-bond donors (Lipinski definition) is 3. The number of rotatable bonds is 6. The Hall–Kier alpha value is -3.35. The van der Waals surface area contributed by atoms with Gasteiger partial charge in [0.25, 0.3) is 17.9 Å². The Kier molecular flexibility index (Phi) is 7.67. The summed E-state index contributed by atoms with van der Waals surface area (Å²) in [7, 11) is -2.94. The molecule has 0 aliphatic carbocycles. The Morgan fingerprint density at radius 2 is 1.67 bits per heavy atom. The summed E-state index contributed by atoms with van der Waals surface area (Å²) in [4.78, 5) is 21.1. The molecular formula is C23H25F4N5O3S. The van der Waals surface area contributed by atoms with Crippen molar-refractivity contribution in [2.45, 2.75) is 31.6 Å². The van der Waals surface area contributed by atoms with Crippen LogP contribution in [-0.4, -0.2) is 51.4 Å². The van der Waals surface area contributed by atoms with Gasteiger partial charge in [-0.1, -0.05) is 6.07 Å². The smallest absolute Gasteiger partial charge is 0.269 e. The number of amides is 1. The van der Waals surface area contributed by atoms with Crippen LogP contribution in [0.4, 0.5) is 40.6 Å². The Labute approximate surface area is 207 Å². The Morgan fingerprint density at radius 1 is 0.972 bits per heavy atom. The number of halogens is 4. The Balaban J connectivity index is 1.55. The lowest BCUT2D eigenvalue weighted by molar-refractivity contribution is -0.0221. The molecule has 2 aliphatic rings. The van der Waals surface area contributed by atoms with E-state index in [-0.39, 0.29) is 74.5 Å². The summed E-state index contributed by atoms with van der Waals surface area (Å²) in [6, 6.07) is 9.27. The van der Waals surface area contributed by atoms with Crippen LogP contribution in [0.2, 0.25) is 0 Å². The van der Waals surface area contributed by atoms with Crippen LogP contribution in [0.3, 0.4) is 0 Å². The summed E-state index contributed by atoms with van der Waals surface area (Å²) in [6.07, 6.45) is -2.01. The predicted octanol–water partition coefficient (Wildman–Crippen LogP) is 4.26. The van der Waals surface area contributed by atoms with Gasteiger partial charge in [0.05, 0.1) is 16.9 Å². The van der Waals surface area contributed by atoms with Gasteiger partial charge < -0.3 is 15.1 Å². The first-order chi connectivity index (χ1) is 17.1. The van der Waals surface area contributed by atoms with Gasteiger partial charge in [0.15, 0.2) is 0 Å².